The molecular weight excluding hydrogens is 254 g/mol. The van der Waals surface area contributed by atoms with Crippen molar-refractivity contribution in [2.45, 2.75) is 40.7 Å². The van der Waals surface area contributed by atoms with Gasteiger partial charge in [-0.15, -0.1) is 0 Å². The summed E-state index contributed by atoms with van der Waals surface area (Å²) in [6, 6.07) is 0. The Bertz CT molecular complexity index is 474. The third-order valence-corrected chi connectivity index (χ3v) is 3.76. The van der Waals surface area contributed by atoms with Crippen LogP contribution in [0.2, 0.25) is 0 Å². The van der Waals surface area contributed by atoms with Crippen LogP contribution in [-0.2, 0) is 22.5 Å². The van der Waals surface area contributed by atoms with Gasteiger partial charge in [-0.25, -0.2) is 0 Å². The zero-order chi connectivity index (χ0) is 14.7. The van der Waals surface area contributed by atoms with Crippen LogP contribution < -0.4 is 0 Å². The van der Waals surface area contributed by atoms with Crippen molar-refractivity contribution in [3.05, 3.63) is 17.0 Å². The van der Waals surface area contributed by atoms with Gasteiger partial charge in [0, 0.05) is 30.9 Å². The number of aryl methyl sites for hydroxylation is 1. The van der Waals surface area contributed by atoms with Crippen molar-refractivity contribution < 1.29 is 9.53 Å². The second kappa shape index (κ2) is 6.39. The van der Waals surface area contributed by atoms with Crippen LogP contribution in [0.3, 0.4) is 0 Å². The lowest BCUT2D eigenvalue weighted by Gasteiger charge is -2.26. The van der Waals surface area contributed by atoms with Crippen LogP contribution in [0.1, 0.15) is 30.8 Å². The summed E-state index contributed by atoms with van der Waals surface area (Å²) >= 11 is 0. The van der Waals surface area contributed by atoms with E-state index < -0.39 is 0 Å². The number of carbonyl (C=O) groups excluding carboxylic acids is 1. The van der Waals surface area contributed by atoms with Crippen LogP contribution in [-0.4, -0.2) is 46.9 Å². The maximum absolute atomic E-state index is 12.3. The molecule has 1 aromatic heterocycles. The maximum Gasteiger partial charge on any atom is 0.227 e. The molecule has 1 aromatic rings. The molecule has 2 rings (SSSR count). The molecular formula is C15H25N3O2. The van der Waals surface area contributed by atoms with Crippen LogP contribution in [0.25, 0.3) is 0 Å². The molecule has 0 N–H and O–H groups in total. The number of carbonyl (C=O) groups is 1. The zero-order valence-corrected chi connectivity index (χ0v) is 13.0. The molecule has 1 aliphatic heterocycles. The first-order chi connectivity index (χ1) is 9.49. The normalized spacial score (nSPS) is 15.9. The summed E-state index contributed by atoms with van der Waals surface area (Å²) in [5.41, 5.74) is 3.18. The van der Waals surface area contributed by atoms with Crippen molar-refractivity contribution in [1.29, 1.82) is 0 Å². The number of nitrogens with zero attached hydrogens (tertiary/aromatic N) is 3. The van der Waals surface area contributed by atoms with Crippen LogP contribution in [0.4, 0.5) is 0 Å². The van der Waals surface area contributed by atoms with E-state index in [9.17, 15) is 4.79 Å². The fourth-order valence-corrected chi connectivity index (χ4v) is 2.59. The van der Waals surface area contributed by atoms with E-state index in [1.807, 2.05) is 16.5 Å². The fraction of sp³-hybridized carbons (Fsp3) is 0.733. The molecule has 112 valence electrons. The molecule has 1 fully saturated rings. The van der Waals surface area contributed by atoms with E-state index in [0.29, 0.717) is 38.6 Å². The summed E-state index contributed by atoms with van der Waals surface area (Å²) in [7, 11) is 0. The van der Waals surface area contributed by atoms with E-state index in [1.54, 1.807) is 0 Å². The third kappa shape index (κ3) is 3.39. The van der Waals surface area contributed by atoms with Crippen molar-refractivity contribution in [3.63, 3.8) is 0 Å². The Morgan fingerprint density at radius 1 is 1.30 bits per heavy atom. The summed E-state index contributed by atoms with van der Waals surface area (Å²) < 4.78 is 7.31. The molecule has 0 aromatic carbocycles. The molecule has 0 spiro atoms. The Kier molecular flexibility index (Phi) is 4.81. The van der Waals surface area contributed by atoms with Crippen LogP contribution in [0.5, 0.6) is 0 Å². The summed E-state index contributed by atoms with van der Waals surface area (Å²) in [4.78, 5) is 14.2. The Labute approximate surface area is 120 Å². The SMILES string of the molecule is Cc1nn(CC(C)C)c(C)c1CC(=O)N1CCOCC1. The molecule has 1 amide bonds. The highest BCUT2D eigenvalue weighted by atomic mass is 16.5. The van der Waals surface area contributed by atoms with E-state index in [1.165, 1.54) is 0 Å². The predicted octanol–water partition coefficient (Wildman–Crippen LogP) is 1.56. The summed E-state index contributed by atoms with van der Waals surface area (Å²) in [6.07, 6.45) is 0.454. The molecule has 1 saturated heterocycles. The van der Waals surface area contributed by atoms with Crippen molar-refractivity contribution in [2.75, 3.05) is 26.3 Å². The van der Waals surface area contributed by atoms with Gasteiger partial charge in [0.1, 0.15) is 0 Å². The first kappa shape index (κ1) is 15.0. The molecule has 5 heteroatoms. The smallest absolute Gasteiger partial charge is 0.227 e. The second-order valence-corrected chi connectivity index (χ2v) is 5.90. The van der Waals surface area contributed by atoms with Gasteiger partial charge >= 0.3 is 0 Å². The van der Waals surface area contributed by atoms with Gasteiger partial charge in [0.15, 0.2) is 0 Å². The second-order valence-electron chi connectivity index (χ2n) is 5.90. The van der Waals surface area contributed by atoms with Gasteiger partial charge in [0.05, 0.1) is 25.3 Å². The number of aromatic nitrogens is 2. The number of amides is 1. The van der Waals surface area contributed by atoms with Crippen LogP contribution in [0, 0.1) is 19.8 Å². The van der Waals surface area contributed by atoms with Gasteiger partial charge in [-0.05, 0) is 19.8 Å². The highest BCUT2D eigenvalue weighted by molar-refractivity contribution is 5.79. The molecule has 1 aliphatic rings. The average molecular weight is 279 g/mol. The number of rotatable bonds is 4. The summed E-state index contributed by atoms with van der Waals surface area (Å²) in [5.74, 6) is 0.736. The van der Waals surface area contributed by atoms with E-state index in [2.05, 4.69) is 25.9 Å². The van der Waals surface area contributed by atoms with Crippen LogP contribution >= 0.6 is 0 Å². The van der Waals surface area contributed by atoms with Crippen molar-refractivity contribution in [3.8, 4) is 0 Å². The first-order valence-corrected chi connectivity index (χ1v) is 7.37. The summed E-state index contributed by atoms with van der Waals surface area (Å²) in [6.45, 7) is 12.0. The van der Waals surface area contributed by atoms with E-state index in [0.717, 1.165) is 23.5 Å². The lowest BCUT2D eigenvalue weighted by Crippen LogP contribution is -2.41. The molecule has 0 bridgehead atoms. The van der Waals surface area contributed by atoms with Gasteiger partial charge in [-0.1, -0.05) is 13.8 Å². The molecule has 0 atom stereocenters. The third-order valence-electron chi connectivity index (χ3n) is 3.76. The number of morpholine rings is 1. The molecule has 0 aliphatic carbocycles. The molecule has 0 radical (unpaired) electrons. The highest BCUT2D eigenvalue weighted by Gasteiger charge is 2.21. The molecule has 2 heterocycles. The molecule has 0 saturated carbocycles. The van der Waals surface area contributed by atoms with Crippen molar-refractivity contribution in [1.82, 2.24) is 14.7 Å². The topological polar surface area (TPSA) is 47.4 Å². The van der Waals surface area contributed by atoms with Gasteiger partial charge in [-0.2, -0.15) is 5.10 Å². The lowest BCUT2D eigenvalue weighted by atomic mass is 10.1. The average Bonchev–Trinajstić information content (AvgIpc) is 2.66. The number of hydrogen-bond donors (Lipinski definition) is 0. The van der Waals surface area contributed by atoms with E-state index >= 15 is 0 Å². The Hall–Kier alpha value is -1.36. The molecule has 0 unspecified atom stereocenters. The first-order valence-electron chi connectivity index (χ1n) is 7.37. The minimum atomic E-state index is 0.184. The minimum Gasteiger partial charge on any atom is -0.378 e. The van der Waals surface area contributed by atoms with E-state index in [-0.39, 0.29) is 5.91 Å². The zero-order valence-electron chi connectivity index (χ0n) is 13.0. The number of hydrogen-bond acceptors (Lipinski definition) is 3. The standard InChI is InChI=1S/C15H25N3O2/c1-11(2)10-18-13(4)14(12(3)16-18)9-15(19)17-5-7-20-8-6-17/h11H,5-10H2,1-4H3. The summed E-state index contributed by atoms with van der Waals surface area (Å²) in [5, 5.41) is 4.57. The monoisotopic (exact) mass is 279 g/mol. The maximum atomic E-state index is 12.3. The van der Waals surface area contributed by atoms with Gasteiger partial charge in [0.25, 0.3) is 0 Å². The lowest BCUT2D eigenvalue weighted by molar-refractivity contribution is -0.134. The fourth-order valence-electron chi connectivity index (χ4n) is 2.59. The molecule has 5 nitrogen and oxygen atoms in total. The Morgan fingerprint density at radius 2 is 1.95 bits per heavy atom. The van der Waals surface area contributed by atoms with Crippen molar-refractivity contribution >= 4 is 5.91 Å². The van der Waals surface area contributed by atoms with Gasteiger partial charge in [-0.3, -0.25) is 9.48 Å². The Balaban J connectivity index is 2.08. The number of ether oxygens (including phenoxy) is 1. The highest BCUT2D eigenvalue weighted by Crippen LogP contribution is 2.16. The Morgan fingerprint density at radius 3 is 2.55 bits per heavy atom. The quantitative estimate of drug-likeness (QED) is 0.840. The predicted molar refractivity (Wildman–Crippen MR) is 77.6 cm³/mol. The van der Waals surface area contributed by atoms with Crippen molar-refractivity contribution in [2.24, 2.45) is 5.92 Å². The van der Waals surface area contributed by atoms with Gasteiger partial charge < -0.3 is 9.64 Å². The van der Waals surface area contributed by atoms with Crippen LogP contribution in [0.15, 0.2) is 0 Å². The largest absolute Gasteiger partial charge is 0.378 e. The minimum absolute atomic E-state index is 0.184. The van der Waals surface area contributed by atoms with Gasteiger partial charge in [0.2, 0.25) is 5.91 Å². The van der Waals surface area contributed by atoms with E-state index in [4.69, 9.17) is 4.74 Å². The molecule has 20 heavy (non-hydrogen) atoms.